The number of thioether (sulfide) groups is 1. The summed E-state index contributed by atoms with van der Waals surface area (Å²) in [5.41, 5.74) is 1.39. The van der Waals surface area contributed by atoms with Crippen molar-refractivity contribution in [3.8, 4) is 0 Å². The molecule has 0 aromatic heterocycles. The summed E-state index contributed by atoms with van der Waals surface area (Å²) in [5.74, 6) is 2.46. The van der Waals surface area contributed by atoms with Crippen molar-refractivity contribution in [1.82, 2.24) is 0 Å². The van der Waals surface area contributed by atoms with E-state index >= 15 is 0 Å². The molecule has 1 radical (unpaired) electrons. The summed E-state index contributed by atoms with van der Waals surface area (Å²) in [6.07, 6.45) is 11.4. The molecule has 0 bridgehead atoms. The first-order valence-corrected chi connectivity index (χ1v) is 5.43. The molecule has 0 unspecified atom stereocenters. The van der Waals surface area contributed by atoms with Gasteiger partial charge in [0, 0.05) is 0 Å². The largest absolute Gasteiger partial charge is 3.00 e. The van der Waals surface area contributed by atoms with Gasteiger partial charge in [-0.3, -0.25) is 6.08 Å². The summed E-state index contributed by atoms with van der Waals surface area (Å²) in [5, 5.41) is 0. The minimum atomic E-state index is 0. The van der Waals surface area contributed by atoms with Crippen LogP contribution in [0.15, 0.2) is 17.7 Å². The zero-order chi connectivity index (χ0) is 7.94. The maximum absolute atomic E-state index is 3.32. The molecule has 0 nitrogen and oxygen atoms in total. The molecule has 0 aromatic rings. The molecule has 0 spiro atoms. The molecule has 0 heterocycles. The Morgan fingerprint density at radius 3 is 2.64 bits per heavy atom. The molecule has 0 fully saturated rings. The van der Waals surface area contributed by atoms with E-state index in [1.807, 2.05) is 11.8 Å². The van der Waals surface area contributed by atoms with Gasteiger partial charge in [0.15, 0.2) is 0 Å². The standard InChI is InChI=1S/C10H15S.2ClH.Ti/c1-2-3-8-11-9-10-6-4-5-7-10;;;/h4,6H,2-3,5,8-9H2,1H3;2*1H;/q-1;;;+3/p-2. The zero-order valence-electron chi connectivity index (χ0n) is 8.35. The molecular formula is C10H15Cl2STi. The average Bonchev–Trinajstić information content (AvgIpc) is 2.50. The quantitative estimate of drug-likeness (QED) is 0.299. The van der Waals surface area contributed by atoms with Crippen LogP contribution in [0.25, 0.3) is 0 Å². The number of hydrogen-bond donors (Lipinski definition) is 0. The fourth-order valence-corrected chi connectivity index (χ4v) is 2.03. The van der Waals surface area contributed by atoms with Crippen molar-refractivity contribution < 1.29 is 46.5 Å². The topological polar surface area (TPSA) is 0 Å². The van der Waals surface area contributed by atoms with E-state index in [4.69, 9.17) is 0 Å². The third kappa shape index (κ3) is 9.67. The minimum absolute atomic E-state index is 0. The van der Waals surface area contributed by atoms with Crippen LogP contribution in [-0.2, 0) is 21.7 Å². The van der Waals surface area contributed by atoms with E-state index < -0.39 is 0 Å². The number of rotatable bonds is 5. The smallest absolute Gasteiger partial charge is 1.00 e. The van der Waals surface area contributed by atoms with Crippen molar-refractivity contribution in [2.75, 3.05) is 11.5 Å². The van der Waals surface area contributed by atoms with Gasteiger partial charge in [0.2, 0.25) is 0 Å². The fourth-order valence-electron chi connectivity index (χ4n) is 0.978. The van der Waals surface area contributed by atoms with Gasteiger partial charge in [0.05, 0.1) is 0 Å². The van der Waals surface area contributed by atoms with Crippen molar-refractivity contribution in [2.45, 2.75) is 26.2 Å². The van der Waals surface area contributed by atoms with Gasteiger partial charge in [-0.15, -0.1) is 6.42 Å². The Bertz CT molecular complexity index is 170. The van der Waals surface area contributed by atoms with Crippen molar-refractivity contribution in [2.24, 2.45) is 0 Å². The molecule has 4 heteroatoms. The van der Waals surface area contributed by atoms with Crippen LogP contribution in [0.2, 0.25) is 0 Å². The molecule has 79 valence electrons. The number of allylic oxidation sites excluding steroid dienone is 3. The molecule has 0 atom stereocenters. The fraction of sp³-hybridized carbons (Fsp3) is 0.600. The number of unbranched alkanes of at least 4 members (excludes halogenated alkanes) is 1. The zero-order valence-corrected chi connectivity index (χ0v) is 12.2. The average molecular weight is 286 g/mol. The van der Waals surface area contributed by atoms with Crippen molar-refractivity contribution in [3.05, 3.63) is 23.8 Å². The molecule has 0 aromatic carbocycles. The molecular weight excluding hydrogens is 271 g/mol. The second-order valence-corrected chi connectivity index (χ2v) is 3.82. The van der Waals surface area contributed by atoms with Gasteiger partial charge in [-0.05, 0) is 17.9 Å². The molecule has 0 saturated carbocycles. The molecule has 14 heavy (non-hydrogen) atoms. The monoisotopic (exact) mass is 285 g/mol. The van der Waals surface area contributed by atoms with E-state index in [1.165, 1.54) is 24.2 Å². The summed E-state index contributed by atoms with van der Waals surface area (Å²) in [4.78, 5) is 0. The summed E-state index contributed by atoms with van der Waals surface area (Å²) >= 11 is 2.02. The molecule has 0 N–H and O–H groups in total. The predicted octanol–water partition coefficient (Wildman–Crippen LogP) is -2.79. The molecule has 1 aliphatic rings. The number of halogens is 2. The summed E-state index contributed by atoms with van der Waals surface area (Å²) in [6, 6.07) is 0. The first-order valence-electron chi connectivity index (χ1n) is 4.27. The van der Waals surface area contributed by atoms with Crippen LogP contribution in [0.3, 0.4) is 0 Å². The molecule has 1 aliphatic carbocycles. The Morgan fingerprint density at radius 1 is 1.43 bits per heavy atom. The van der Waals surface area contributed by atoms with Crippen LogP contribution >= 0.6 is 11.8 Å². The molecule has 1 rings (SSSR count). The van der Waals surface area contributed by atoms with Gasteiger partial charge in [-0.1, -0.05) is 13.3 Å². The van der Waals surface area contributed by atoms with E-state index in [0.717, 1.165) is 12.2 Å². The summed E-state index contributed by atoms with van der Waals surface area (Å²) in [7, 11) is 0. The minimum Gasteiger partial charge on any atom is -1.00 e. The van der Waals surface area contributed by atoms with Crippen LogP contribution in [0, 0.1) is 6.08 Å². The Balaban J connectivity index is -0.000000403. The van der Waals surface area contributed by atoms with Crippen LogP contribution in [-0.4, -0.2) is 11.5 Å². The second-order valence-electron chi connectivity index (χ2n) is 2.71. The molecule has 0 amide bonds. The Kier molecular flexibility index (Phi) is 20.7. The van der Waals surface area contributed by atoms with Crippen LogP contribution in [0.5, 0.6) is 0 Å². The van der Waals surface area contributed by atoms with Gasteiger partial charge < -0.3 is 24.8 Å². The van der Waals surface area contributed by atoms with Gasteiger partial charge in [-0.25, -0.2) is 11.6 Å². The Morgan fingerprint density at radius 2 is 2.14 bits per heavy atom. The third-order valence-corrected chi connectivity index (χ3v) is 2.76. The van der Waals surface area contributed by atoms with E-state index in [1.54, 1.807) is 0 Å². The van der Waals surface area contributed by atoms with Crippen LogP contribution in [0.4, 0.5) is 0 Å². The van der Waals surface area contributed by atoms with E-state index in [-0.39, 0.29) is 46.5 Å². The van der Waals surface area contributed by atoms with E-state index in [9.17, 15) is 0 Å². The Hall–Kier alpha value is 1.12. The van der Waals surface area contributed by atoms with Gasteiger partial charge in [0.25, 0.3) is 0 Å². The molecule has 0 aliphatic heterocycles. The van der Waals surface area contributed by atoms with Crippen molar-refractivity contribution in [3.63, 3.8) is 0 Å². The van der Waals surface area contributed by atoms with Gasteiger partial charge >= 0.3 is 21.7 Å². The maximum atomic E-state index is 3.32. The van der Waals surface area contributed by atoms with Gasteiger partial charge in [0.1, 0.15) is 0 Å². The molecule has 0 saturated heterocycles. The van der Waals surface area contributed by atoms with E-state index in [0.29, 0.717) is 0 Å². The third-order valence-electron chi connectivity index (χ3n) is 1.67. The van der Waals surface area contributed by atoms with Crippen LogP contribution < -0.4 is 24.8 Å². The first-order chi connectivity index (χ1) is 5.43. The van der Waals surface area contributed by atoms with E-state index in [2.05, 4.69) is 25.2 Å². The summed E-state index contributed by atoms with van der Waals surface area (Å²) in [6.45, 7) is 2.24. The van der Waals surface area contributed by atoms with Crippen molar-refractivity contribution >= 4 is 11.8 Å². The van der Waals surface area contributed by atoms with Crippen LogP contribution in [0.1, 0.15) is 26.2 Å². The first kappa shape index (κ1) is 20.5. The SMILES string of the molecule is CCCCSCC1=[C-]CC=C1.[Cl-].[Cl-].[Ti+3]. The maximum Gasteiger partial charge on any atom is 3.00 e. The number of hydrogen-bond acceptors (Lipinski definition) is 1. The normalized spacial score (nSPS) is 12.2. The summed E-state index contributed by atoms with van der Waals surface area (Å²) < 4.78 is 0. The Labute approximate surface area is 119 Å². The van der Waals surface area contributed by atoms with Crippen molar-refractivity contribution in [1.29, 1.82) is 0 Å². The van der Waals surface area contributed by atoms with Gasteiger partial charge in [-0.2, -0.15) is 17.8 Å². The second kappa shape index (κ2) is 14.1. The predicted molar refractivity (Wildman–Crippen MR) is 52.7 cm³/mol.